The zero-order chi connectivity index (χ0) is 22.8. The van der Waals surface area contributed by atoms with Gasteiger partial charge in [0.1, 0.15) is 17.0 Å². The van der Waals surface area contributed by atoms with E-state index in [9.17, 15) is 4.79 Å². The Bertz CT molecular complexity index is 1310. The third kappa shape index (κ3) is 4.34. The van der Waals surface area contributed by atoms with Gasteiger partial charge in [-0.05, 0) is 42.2 Å². The van der Waals surface area contributed by atoms with Gasteiger partial charge < -0.3 is 19.7 Å². The number of nitrogens with zero attached hydrogens (tertiary/aromatic N) is 3. The Hall–Kier alpha value is -3.65. The molecule has 0 spiro atoms. The van der Waals surface area contributed by atoms with E-state index >= 15 is 0 Å². The van der Waals surface area contributed by atoms with E-state index in [2.05, 4.69) is 27.4 Å². The molecule has 0 fully saturated rings. The summed E-state index contributed by atoms with van der Waals surface area (Å²) < 4.78 is 10.8. The Labute approximate surface area is 196 Å². The van der Waals surface area contributed by atoms with Crippen molar-refractivity contribution in [3.8, 4) is 11.5 Å². The minimum atomic E-state index is 0.00755. The first-order chi connectivity index (χ1) is 16.1. The maximum atomic E-state index is 13.2. The van der Waals surface area contributed by atoms with Crippen molar-refractivity contribution in [2.45, 2.75) is 19.9 Å². The van der Waals surface area contributed by atoms with E-state index in [1.54, 1.807) is 4.90 Å². The fourth-order valence-electron chi connectivity index (χ4n) is 3.86. The highest BCUT2D eigenvalue weighted by Crippen LogP contribution is 2.35. The van der Waals surface area contributed by atoms with Crippen LogP contribution in [0.3, 0.4) is 0 Å². The molecule has 0 saturated heterocycles. The summed E-state index contributed by atoms with van der Waals surface area (Å²) in [6.07, 6.45) is 2.35. The fraction of sp³-hybridized carbons (Fsp3) is 0.240. The van der Waals surface area contributed by atoms with E-state index in [4.69, 9.17) is 9.47 Å². The van der Waals surface area contributed by atoms with Gasteiger partial charge in [-0.1, -0.05) is 36.4 Å². The molecule has 5 rings (SSSR count). The number of likely N-dealkylation sites (N-methyl/N-ethyl adjacent to an activating group) is 1. The van der Waals surface area contributed by atoms with Crippen molar-refractivity contribution in [2.24, 2.45) is 0 Å². The maximum absolute atomic E-state index is 13.2. The zero-order valence-electron chi connectivity index (χ0n) is 18.5. The fourth-order valence-corrected chi connectivity index (χ4v) is 5.01. The second kappa shape index (κ2) is 9.07. The Morgan fingerprint density at radius 2 is 1.91 bits per heavy atom. The molecule has 0 unspecified atom stereocenters. The number of aromatic nitrogens is 2. The van der Waals surface area contributed by atoms with E-state index in [1.165, 1.54) is 23.2 Å². The highest BCUT2D eigenvalue weighted by molar-refractivity contribution is 7.20. The number of rotatable bonds is 7. The van der Waals surface area contributed by atoms with E-state index in [-0.39, 0.29) is 12.7 Å². The molecule has 4 aromatic rings. The Morgan fingerprint density at radius 1 is 1.09 bits per heavy atom. The number of carbonyl (C=O) groups is 1. The summed E-state index contributed by atoms with van der Waals surface area (Å²) in [6.45, 7) is 3.44. The predicted molar refractivity (Wildman–Crippen MR) is 129 cm³/mol. The van der Waals surface area contributed by atoms with Crippen LogP contribution in [0.25, 0.3) is 10.2 Å². The number of hydrogen-bond acceptors (Lipinski definition) is 7. The molecule has 0 radical (unpaired) electrons. The zero-order valence-corrected chi connectivity index (χ0v) is 19.3. The third-order valence-corrected chi connectivity index (χ3v) is 6.93. The van der Waals surface area contributed by atoms with Crippen LogP contribution >= 0.6 is 11.3 Å². The SMILES string of the molecule is Cc1c(C(=O)N(C)CCc2ccccc2)sc2ncnc(NCc3ccc4c(c3)OCO4)c12. The molecule has 33 heavy (non-hydrogen) atoms. The Kier molecular flexibility index (Phi) is 5.83. The van der Waals surface area contributed by atoms with Crippen molar-refractivity contribution in [1.82, 2.24) is 14.9 Å². The van der Waals surface area contributed by atoms with E-state index in [0.717, 1.165) is 45.1 Å². The molecule has 1 N–H and O–H groups in total. The van der Waals surface area contributed by atoms with Crippen LogP contribution < -0.4 is 14.8 Å². The quantitative estimate of drug-likeness (QED) is 0.432. The van der Waals surface area contributed by atoms with Gasteiger partial charge in [0.15, 0.2) is 11.5 Å². The number of thiophene rings is 1. The van der Waals surface area contributed by atoms with Crippen LogP contribution in [-0.2, 0) is 13.0 Å². The normalized spacial score (nSPS) is 12.2. The number of nitrogens with one attached hydrogen (secondary N) is 1. The number of hydrogen-bond donors (Lipinski definition) is 1. The summed E-state index contributed by atoms with van der Waals surface area (Å²) in [5.41, 5.74) is 3.17. The lowest BCUT2D eigenvalue weighted by Crippen LogP contribution is -2.28. The smallest absolute Gasteiger partial charge is 0.264 e. The van der Waals surface area contributed by atoms with Crippen LogP contribution in [0.2, 0.25) is 0 Å². The second-order valence-corrected chi connectivity index (χ2v) is 8.96. The predicted octanol–water partition coefficient (Wildman–Crippen LogP) is 4.66. The first kappa shape index (κ1) is 21.2. The molecule has 8 heteroatoms. The molecule has 0 atom stereocenters. The molecule has 3 heterocycles. The van der Waals surface area contributed by atoms with Crippen molar-refractivity contribution in [1.29, 1.82) is 0 Å². The van der Waals surface area contributed by atoms with E-state index in [0.29, 0.717) is 18.0 Å². The molecular formula is C25H24N4O3S. The van der Waals surface area contributed by atoms with Gasteiger partial charge in [0.25, 0.3) is 5.91 Å². The van der Waals surface area contributed by atoms with Gasteiger partial charge in [0.05, 0.1) is 10.3 Å². The summed E-state index contributed by atoms with van der Waals surface area (Å²) in [4.78, 5) is 25.3. The lowest BCUT2D eigenvalue weighted by Gasteiger charge is -2.16. The average molecular weight is 461 g/mol. The molecule has 1 aliphatic rings. The summed E-state index contributed by atoms with van der Waals surface area (Å²) in [5.74, 6) is 2.24. The first-order valence-corrected chi connectivity index (χ1v) is 11.6. The van der Waals surface area contributed by atoms with Crippen molar-refractivity contribution < 1.29 is 14.3 Å². The topological polar surface area (TPSA) is 76.6 Å². The molecule has 1 aliphatic heterocycles. The van der Waals surface area contributed by atoms with Gasteiger partial charge in [-0.15, -0.1) is 11.3 Å². The van der Waals surface area contributed by atoms with Crippen molar-refractivity contribution in [2.75, 3.05) is 25.7 Å². The van der Waals surface area contributed by atoms with E-state index < -0.39 is 0 Å². The third-order valence-electron chi connectivity index (χ3n) is 5.74. The first-order valence-electron chi connectivity index (χ1n) is 10.8. The highest BCUT2D eigenvalue weighted by Gasteiger charge is 2.22. The van der Waals surface area contributed by atoms with Crippen molar-refractivity contribution in [3.63, 3.8) is 0 Å². The van der Waals surface area contributed by atoms with Crippen LogP contribution in [0.4, 0.5) is 5.82 Å². The number of benzene rings is 2. The maximum Gasteiger partial charge on any atom is 0.264 e. The molecule has 168 valence electrons. The van der Waals surface area contributed by atoms with Gasteiger partial charge >= 0.3 is 0 Å². The number of fused-ring (bicyclic) bond motifs is 2. The van der Waals surface area contributed by atoms with Gasteiger partial charge in [0.2, 0.25) is 6.79 Å². The summed E-state index contributed by atoms with van der Waals surface area (Å²) >= 11 is 1.42. The monoisotopic (exact) mass is 460 g/mol. The Morgan fingerprint density at radius 3 is 2.76 bits per heavy atom. The summed E-state index contributed by atoms with van der Waals surface area (Å²) in [5, 5.41) is 4.29. The number of aryl methyl sites for hydroxylation is 1. The minimum absolute atomic E-state index is 0.00755. The molecule has 2 aromatic heterocycles. The van der Waals surface area contributed by atoms with Crippen molar-refractivity contribution in [3.05, 3.63) is 76.4 Å². The van der Waals surface area contributed by atoms with Gasteiger partial charge in [-0.3, -0.25) is 4.79 Å². The number of amides is 1. The molecule has 1 amide bonds. The number of anilines is 1. The van der Waals surface area contributed by atoms with Gasteiger partial charge in [0, 0.05) is 20.1 Å². The molecular weight excluding hydrogens is 436 g/mol. The van der Waals surface area contributed by atoms with Crippen LogP contribution in [-0.4, -0.2) is 41.2 Å². The molecule has 0 bridgehead atoms. The largest absolute Gasteiger partial charge is 0.454 e. The molecule has 7 nitrogen and oxygen atoms in total. The molecule has 0 aliphatic carbocycles. The van der Waals surface area contributed by atoms with Crippen molar-refractivity contribution >= 4 is 33.3 Å². The van der Waals surface area contributed by atoms with Crippen LogP contribution in [0.1, 0.15) is 26.4 Å². The van der Waals surface area contributed by atoms with Gasteiger partial charge in [-0.2, -0.15) is 0 Å². The molecule has 2 aromatic carbocycles. The average Bonchev–Trinajstić information content (AvgIpc) is 3.45. The second-order valence-electron chi connectivity index (χ2n) is 7.96. The number of ether oxygens (including phenoxy) is 2. The summed E-state index contributed by atoms with van der Waals surface area (Å²) in [7, 11) is 1.85. The summed E-state index contributed by atoms with van der Waals surface area (Å²) in [6, 6.07) is 16.1. The van der Waals surface area contributed by atoms with E-state index in [1.807, 2.05) is 50.4 Å². The van der Waals surface area contributed by atoms with Crippen LogP contribution in [0.15, 0.2) is 54.9 Å². The standard InChI is InChI=1S/C25H24N4O3S/c1-16-21-23(26-13-18-8-9-19-20(12-18)32-15-31-19)27-14-28-24(21)33-22(16)25(30)29(2)11-10-17-6-4-3-5-7-17/h3-9,12,14H,10-11,13,15H2,1-2H3,(H,26,27,28). The highest BCUT2D eigenvalue weighted by atomic mass is 32.1. The lowest BCUT2D eigenvalue weighted by molar-refractivity contribution is 0.0801. The molecule has 0 saturated carbocycles. The van der Waals surface area contributed by atoms with Crippen LogP contribution in [0.5, 0.6) is 11.5 Å². The lowest BCUT2D eigenvalue weighted by atomic mass is 10.1. The minimum Gasteiger partial charge on any atom is -0.454 e. The number of carbonyl (C=O) groups excluding carboxylic acids is 1. The Balaban J connectivity index is 1.33. The van der Waals surface area contributed by atoms with Gasteiger partial charge in [-0.25, -0.2) is 9.97 Å². The van der Waals surface area contributed by atoms with Crippen LogP contribution in [0, 0.1) is 6.92 Å².